The van der Waals surface area contributed by atoms with Crippen LogP contribution in [0.4, 0.5) is 23.7 Å². The Morgan fingerprint density at radius 1 is 1.13 bits per heavy atom. The van der Waals surface area contributed by atoms with E-state index >= 15 is 0 Å². The standard InChI is InChI=1S/C21H29F3N4O2/c1-15(19(29)26-20(30)25-17-7-3-2-4-8-17)27-10-12-28(13-11-27)18-9-5-6-16(14-18)21(22,23)24/h5-6,9,14-15,17H,2-4,7-8,10-13H2,1H3,(H2,25,26,29,30)/p+1/t15-/m0/s1. The number of hydrogen-bond acceptors (Lipinski definition) is 3. The monoisotopic (exact) mass is 427 g/mol. The molecule has 0 radical (unpaired) electrons. The van der Waals surface area contributed by atoms with Gasteiger partial charge >= 0.3 is 12.2 Å². The summed E-state index contributed by atoms with van der Waals surface area (Å²) >= 11 is 0. The number of carbonyl (C=O) groups excluding carboxylic acids is 2. The summed E-state index contributed by atoms with van der Waals surface area (Å²) in [5, 5.41) is 5.32. The summed E-state index contributed by atoms with van der Waals surface area (Å²) in [5.41, 5.74) is -0.126. The van der Waals surface area contributed by atoms with Crippen molar-refractivity contribution in [3.05, 3.63) is 29.8 Å². The van der Waals surface area contributed by atoms with E-state index in [0.717, 1.165) is 42.7 Å². The van der Waals surface area contributed by atoms with Crippen LogP contribution in [0.25, 0.3) is 0 Å². The van der Waals surface area contributed by atoms with Gasteiger partial charge < -0.3 is 15.1 Å². The van der Waals surface area contributed by atoms with Gasteiger partial charge in [0.25, 0.3) is 5.91 Å². The molecule has 1 aromatic carbocycles. The van der Waals surface area contributed by atoms with Gasteiger partial charge in [0.1, 0.15) is 0 Å². The molecule has 30 heavy (non-hydrogen) atoms. The van der Waals surface area contributed by atoms with Crippen LogP contribution in [0.1, 0.15) is 44.6 Å². The second-order valence-electron chi connectivity index (χ2n) is 8.21. The molecule has 166 valence electrons. The van der Waals surface area contributed by atoms with Gasteiger partial charge in [0.15, 0.2) is 6.04 Å². The summed E-state index contributed by atoms with van der Waals surface area (Å²) in [5.74, 6) is -0.328. The Morgan fingerprint density at radius 2 is 1.80 bits per heavy atom. The maximum absolute atomic E-state index is 12.9. The number of piperazine rings is 1. The number of benzene rings is 1. The Morgan fingerprint density at radius 3 is 2.43 bits per heavy atom. The Hall–Kier alpha value is -2.29. The van der Waals surface area contributed by atoms with Crippen molar-refractivity contribution >= 4 is 17.6 Å². The van der Waals surface area contributed by atoms with E-state index in [2.05, 4.69) is 10.6 Å². The number of halogens is 3. The first-order valence-electron chi connectivity index (χ1n) is 10.6. The molecule has 1 aliphatic heterocycles. The number of quaternary nitrogens is 1. The highest BCUT2D eigenvalue weighted by molar-refractivity contribution is 5.96. The molecule has 9 heteroatoms. The van der Waals surface area contributed by atoms with Gasteiger partial charge in [-0.25, -0.2) is 4.79 Å². The summed E-state index contributed by atoms with van der Waals surface area (Å²) < 4.78 is 38.8. The molecule has 1 atom stereocenters. The zero-order chi connectivity index (χ0) is 21.7. The Labute approximate surface area is 174 Å². The molecular weight excluding hydrogens is 397 g/mol. The maximum Gasteiger partial charge on any atom is 0.416 e. The molecule has 3 amide bonds. The molecule has 0 spiro atoms. The van der Waals surface area contributed by atoms with Crippen molar-refractivity contribution < 1.29 is 27.7 Å². The van der Waals surface area contributed by atoms with Crippen LogP contribution in [-0.4, -0.2) is 50.2 Å². The smallest absolute Gasteiger partial charge is 0.360 e. The van der Waals surface area contributed by atoms with Crippen molar-refractivity contribution in [2.24, 2.45) is 0 Å². The fraction of sp³-hybridized carbons (Fsp3) is 0.619. The van der Waals surface area contributed by atoms with Crippen LogP contribution in [0, 0.1) is 0 Å². The molecule has 3 rings (SSSR count). The summed E-state index contributed by atoms with van der Waals surface area (Å²) in [7, 11) is 0. The number of amides is 3. The summed E-state index contributed by atoms with van der Waals surface area (Å²) in [4.78, 5) is 27.5. The first kappa shape index (κ1) is 22.4. The fourth-order valence-electron chi connectivity index (χ4n) is 4.24. The lowest BCUT2D eigenvalue weighted by molar-refractivity contribution is -0.914. The highest BCUT2D eigenvalue weighted by Crippen LogP contribution is 2.31. The number of alkyl halides is 3. The Balaban J connectivity index is 1.48. The summed E-state index contributed by atoms with van der Waals surface area (Å²) in [6.07, 6.45) is 0.893. The molecule has 0 bridgehead atoms. The molecule has 1 heterocycles. The van der Waals surface area contributed by atoms with Crippen LogP contribution in [-0.2, 0) is 11.0 Å². The van der Waals surface area contributed by atoms with Crippen LogP contribution >= 0.6 is 0 Å². The summed E-state index contributed by atoms with van der Waals surface area (Å²) in [6.45, 7) is 4.08. The number of urea groups is 1. The van der Waals surface area contributed by atoms with E-state index in [0.29, 0.717) is 31.9 Å². The minimum atomic E-state index is -4.37. The molecule has 1 aromatic rings. The largest absolute Gasteiger partial charge is 0.416 e. The molecule has 2 aliphatic rings. The second-order valence-corrected chi connectivity index (χ2v) is 8.21. The number of nitrogens with one attached hydrogen (secondary N) is 3. The lowest BCUT2D eigenvalue weighted by Crippen LogP contribution is -3.19. The van der Waals surface area contributed by atoms with Crippen LogP contribution in [0.5, 0.6) is 0 Å². The van der Waals surface area contributed by atoms with E-state index in [-0.39, 0.29) is 11.9 Å². The highest BCUT2D eigenvalue weighted by atomic mass is 19.4. The molecule has 2 fully saturated rings. The number of nitrogens with zero attached hydrogens (tertiary/aromatic N) is 1. The van der Waals surface area contributed by atoms with Gasteiger partial charge in [-0.3, -0.25) is 10.1 Å². The molecule has 1 saturated carbocycles. The molecule has 6 nitrogen and oxygen atoms in total. The van der Waals surface area contributed by atoms with Crippen LogP contribution in [0.2, 0.25) is 0 Å². The summed E-state index contributed by atoms with van der Waals surface area (Å²) in [6, 6.07) is 4.59. The fourth-order valence-corrected chi connectivity index (χ4v) is 4.24. The first-order chi connectivity index (χ1) is 14.2. The topological polar surface area (TPSA) is 65.9 Å². The van der Waals surface area contributed by atoms with Gasteiger partial charge in [-0.2, -0.15) is 13.2 Å². The van der Waals surface area contributed by atoms with Gasteiger partial charge in [-0.05, 0) is 38.0 Å². The molecule has 0 unspecified atom stereocenters. The van der Waals surface area contributed by atoms with Gasteiger partial charge in [-0.1, -0.05) is 25.3 Å². The predicted octanol–water partition coefficient (Wildman–Crippen LogP) is 1.96. The van der Waals surface area contributed by atoms with E-state index in [1.807, 2.05) is 4.90 Å². The third-order valence-corrected chi connectivity index (χ3v) is 6.13. The normalized spacial score (nSPS) is 19.9. The number of imide groups is 1. The van der Waals surface area contributed by atoms with Crippen molar-refractivity contribution in [2.45, 2.75) is 57.3 Å². The van der Waals surface area contributed by atoms with Gasteiger partial charge in [0.05, 0.1) is 31.7 Å². The van der Waals surface area contributed by atoms with Crippen molar-refractivity contribution in [3.63, 3.8) is 0 Å². The second kappa shape index (κ2) is 9.68. The lowest BCUT2D eigenvalue weighted by Gasteiger charge is -2.36. The number of carbonyl (C=O) groups is 2. The molecule has 1 aliphatic carbocycles. The highest BCUT2D eigenvalue weighted by Gasteiger charge is 2.33. The van der Waals surface area contributed by atoms with E-state index in [1.54, 1.807) is 13.0 Å². The van der Waals surface area contributed by atoms with Crippen molar-refractivity contribution in [1.82, 2.24) is 10.6 Å². The zero-order valence-corrected chi connectivity index (χ0v) is 17.2. The average Bonchev–Trinajstić information content (AvgIpc) is 2.73. The van der Waals surface area contributed by atoms with Crippen molar-refractivity contribution in [3.8, 4) is 0 Å². The van der Waals surface area contributed by atoms with E-state index in [1.165, 1.54) is 12.5 Å². The zero-order valence-electron chi connectivity index (χ0n) is 17.2. The van der Waals surface area contributed by atoms with Crippen LogP contribution in [0.15, 0.2) is 24.3 Å². The van der Waals surface area contributed by atoms with Gasteiger partial charge in [-0.15, -0.1) is 0 Å². The van der Waals surface area contributed by atoms with Crippen LogP contribution in [0.3, 0.4) is 0 Å². The molecular formula is C21H30F3N4O2+. The van der Waals surface area contributed by atoms with Crippen molar-refractivity contribution in [1.29, 1.82) is 0 Å². The SMILES string of the molecule is C[C@@H](C(=O)NC(=O)NC1CCCCC1)[NH+]1CCN(c2cccc(C(F)(F)F)c2)CC1. The molecule has 0 aromatic heterocycles. The third-order valence-electron chi connectivity index (χ3n) is 6.13. The van der Waals surface area contributed by atoms with Gasteiger partial charge in [0, 0.05) is 11.7 Å². The van der Waals surface area contributed by atoms with Crippen molar-refractivity contribution in [2.75, 3.05) is 31.1 Å². The Bertz CT molecular complexity index is 742. The number of rotatable bonds is 4. The lowest BCUT2D eigenvalue weighted by atomic mass is 9.96. The first-order valence-corrected chi connectivity index (χ1v) is 10.6. The van der Waals surface area contributed by atoms with E-state index in [4.69, 9.17) is 0 Å². The minimum Gasteiger partial charge on any atom is -0.360 e. The van der Waals surface area contributed by atoms with Crippen LogP contribution < -0.4 is 20.4 Å². The molecule has 3 N–H and O–H groups in total. The van der Waals surface area contributed by atoms with E-state index < -0.39 is 23.8 Å². The quantitative estimate of drug-likeness (QED) is 0.688. The minimum absolute atomic E-state index is 0.130. The number of hydrogen-bond donors (Lipinski definition) is 3. The molecule has 1 saturated heterocycles. The Kier molecular flexibility index (Phi) is 7.23. The average molecular weight is 427 g/mol. The maximum atomic E-state index is 12.9. The third kappa shape index (κ3) is 5.87. The number of anilines is 1. The van der Waals surface area contributed by atoms with E-state index in [9.17, 15) is 22.8 Å². The van der Waals surface area contributed by atoms with Gasteiger partial charge in [0.2, 0.25) is 0 Å². The predicted molar refractivity (Wildman–Crippen MR) is 107 cm³/mol.